The number of benzene rings is 2. The van der Waals surface area contributed by atoms with E-state index in [1.165, 1.54) is 0 Å². The normalized spacial score (nSPS) is 27.7. The predicted octanol–water partition coefficient (Wildman–Crippen LogP) is 6.79. The van der Waals surface area contributed by atoms with E-state index in [1.807, 2.05) is 0 Å². The molecule has 2 aromatic rings. The standard InChI is InChI=1S/C21H29PSi/c1-20(2,3)22-19(17-13-9-7-10-14-17)21(22,23(4,5)6)18-15-11-8-12-16-18/h7-16,19H,1-6H3. The Bertz CT molecular complexity index is 666. The van der Waals surface area contributed by atoms with Crippen LogP contribution in [0.1, 0.15) is 37.6 Å². The molecule has 1 heterocycles. The van der Waals surface area contributed by atoms with Gasteiger partial charge >= 0.3 is 0 Å². The molecule has 3 unspecified atom stereocenters. The molecule has 0 N–H and O–H groups in total. The Balaban J connectivity index is 2.22. The summed E-state index contributed by atoms with van der Waals surface area (Å²) < 4.78 is 0.406. The summed E-state index contributed by atoms with van der Waals surface area (Å²) in [7, 11) is -1.49. The first-order valence-corrected chi connectivity index (χ1v) is 13.5. The lowest BCUT2D eigenvalue weighted by atomic mass is 10.0. The van der Waals surface area contributed by atoms with E-state index >= 15 is 0 Å². The zero-order valence-electron chi connectivity index (χ0n) is 15.3. The molecule has 122 valence electrons. The van der Waals surface area contributed by atoms with Crippen LogP contribution in [0.3, 0.4) is 0 Å². The summed E-state index contributed by atoms with van der Waals surface area (Å²) in [5.74, 6) is 0. The summed E-state index contributed by atoms with van der Waals surface area (Å²) in [5, 5.41) is 0.381. The smallest absolute Gasteiger partial charge is 0.0624 e. The Kier molecular flexibility index (Phi) is 4.10. The molecular weight excluding hydrogens is 311 g/mol. The Morgan fingerprint density at radius 2 is 1.30 bits per heavy atom. The largest absolute Gasteiger partial charge is 0.0836 e. The highest BCUT2D eigenvalue weighted by Gasteiger charge is 2.73. The molecule has 3 atom stereocenters. The summed E-state index contributed by atoms with van der Waals surface area (Å²) in [6, 6.07) is 22.7. The molecule has 1 aliphatic rings. The first-order valence-electron chi connectivity index (χ1n) is 8.60. The summed E-state index contributed by atoms with van der Waals surface area (Å²) in [6.07, 6.45) is 0. The molecule has 3 rings (SSSR count). The minimum absolute atomic E-state index is 0.0815. The van der Waals surface area contributed by atoms with E-state index in [-0.39, 0.29) is 7.92 Å². The van der Waals surface area contributed by atoms with Gasteiger partial charge in [0, 0.05) is 10.4 Å². The molecule has 0 aliphatic carbocycles. The third-order valence-corrected chi connectivity index (χ3v) is 14.6. The molecule has 0 aromatic heterocycles. The quantitative estimate of drug-likeness (QED) is 0.426. The fourth-order valence-electron chi connectivity index (χ4n) is 4.43. The minimum atomic E-state index is -1.40. The maximum Gasteiger partial charge on any atom is 0.0624 e. The maximum absolute atomic E-state index is 2.57. The summed E-state index contributed by atoms with van der Waals surface area (Å²) in [4.78, 5) is 0. The van der Waals surface area contributed by atoms with E-state index in [0.717, 1.165) is 0 Å². The van der Waals surface area contributed by atoms with Gasteiger partial charge in [-0.2, -0.15) is 0 Å². The van der Waals surface area contributed by atoms with Crippen LogP contribution in [-0.2, 0) is 4.78 Å². The van der Waals surface area contributed by atoms with Crippen LogP contribution in [0.5, 0.6) is 0 Å². The second kappa shape index (κ2) is 5.57. The van der Waals surface area contributed by atoms with Crippen LogP contribution in [0.25, 0.3) is 0 Å². The summed E-state index contributed by atoms with van der Waals surface area (Å²) in [6.45, 7) is 15.1. The van der Waals surface area contributed by atoms with Crippen molar-refractivity contribution < 1.29 is 0 Å². The van der Waals surface area contributed by atoms with Gasteiger partial charge in [0.25, 0.3) is 0 Å². The molecule has 0 nitrogen and oxygen atoms in total. The summed E-state index contributed by atoms with van der Waals surface area (Å²) in [5.41, 5.74) is 3.86. The molecule has 1 fully saturated rings. The van der Waals surface area contributed by atoms with Gasteiger partial charge in [0.05, 0.1) is 8.07 Å². The van der Waals surface area contributed by atoms with Crippen LogP contribution in [0.2, 0.25) is 19.6 Å². The van der Waals surface area contributed by atoms with Crippen molar-refractivity contribution in [1.82, 2.24) is 0 Å². The molecule has 2 heteroatoms. The van der Waals surface area contributed by atoms with Gasteiger partial charge in [-0.3, -0.25) is 0 Å². The Hall–Kier alpha value is -0.913. The minimum Gasteiger partial charge on any atom is -0.0836 e. The van der Waals surface area contributed by atoms with E-state index in [4.69, 9.17) is 0 Å². The van der Waals surface area contributed by atoms with E-state index < -0.39 is 8.07 Å². The van der Waals surface area contributed by atoms with Gasteiger partial charge < -0.3 is 0 Å². The molecule has 0 spiro atoms. The first-order chi connectivity index (χ1) is 10.7. The van der Waals surface area contributed by atoms with Crippen LogP contribution >= 0.6 is 7.92 Å². The third-order valence-electron chi connectivity index (χ3n) is 5.16. The Morgan fingerprint density at radius 3 is 1.74 bits per heavy atom. The van der Waals surface area contributed by atoms with Gasteiger partial charge in [-0.05, 0) is 16.3 Å². The van der Waals surface area contributed by atoms with Gasteiger partial charge in [0.15, 0.2) is 0 Å². The SMILES string of the molecule is CC(C)(C)P1C(c2ccccc2)C1(c1ccccc1)[Si](C)(C)C. The lowest BCUT2D eigenvalue weighted by molar-refractivity contribution is 0.789. The average Bonchev–Trinajstić information content (AvgIpc) is 3.21. The van der Waals surface area contributed by atoms with E-state index in [2.05, 4.69) is 101 Å². The number of hydrogen-bond donors (Lipinski definition) is 0. The number of hydrogen-bond acceptors (Lipinski definition) is 0. The highest BCUT2D eigenvalue weighted by atomic mass is 31.1. The highest BCUT2D eigenvalue weighted by molar-refractivity contribution is 7.72. The highest BCUT2D eigenvalue weighted by Crippen LogP contribution is 2.94. The first kappa shape index (κ1) is 16.9. The van der Waals surface area contributed by atoms with Gasteiger partial charge in [0.2, 0.25) is 0 Å². The second-order valence-corrected chi connectivity index (χ2v) is 17.7. The molecule has 1 aliphatic heterocycles. The molecule has 1 saturated heterocycles. The van der Waals surface area contributed by atoms with E-state index in [0.29, 0.717) is 15.6 Å². The molecule has 2 aromatic carbocycles. The van der Waals surface area contributed by atoms with Gasteiger partial charge in [0.1, 0.15) is 0 Å². The lowest BCUT2D eigenvalue weighted by Crippen LogP contribution is -2.40. The van der Waals surface area contributed by atoms with Gasteiger partial charge in [-0.15, -0.1) is 0 Å². The molecule has 0 bridgehead atoms. The lowest BCUT2D eigenvalue weighted by Gasteiger charge is -2.35. The summed E-state index contributed by atoms with van der Waals surface area (Å²) >= 11 is 0. The molecule has 0 saturated carbocycles. The van der Waals surface area contributed by atoms with Gasteiger partial charge in [-0.1, -0.05) is 109 Å². The number of rotatable bonds is 3. The fourth-order valence-corrected chi connectivity index (χ4v) is 15.9. The van der Waals surface area contributed by atoms with Gasteiger partial charge in [-0.25, -0.2) is 0 Å². The van der Waals surface area contributed by atoms with Crippen molar-refractivity contribution in [1.29, 1.82) is 0 Å². The molecule has 23 heavy (non-hydrogen) atoms. The van der Waals surface area contributed by atoms with Crippen LogP contribution in [0.15, 0.2) is 60.7 Å². The van der Waals surface area contributed by atoms with Crippen LogP contribution < -0.4 is 0 Å². The predicted molar refractivity (Wildman–Crippen MR) is 107 cm³/mol. The maximum atomic E-state index is 2.57. The Morgan fingerprint density at radius 1 is 0.826 bits per heavy atom. The van der Waals surface area contributed by atoms with Crippen molar-refractivity contribution in [2.45, 2.75) is 56.0 Å². The zero-order valence-corrected chi connectivity index (χ0v) is 17.2. The topological polar surface area (TPSA) is 0 Å². The van der Waals surface area contributed by atoms with E-state index in [9.17, 15) is 0 Å². The average molecular weight is 341 g/mol. The van der Waals surface area contributed by atoms with Crippen molar-refractivity contribution in [2.75, 3.05) is 0 Å². The molecule has 0 radical (unpaired) electrons. The van der Waals surface area contributed by atoms with Crippen LogP contribution in [0, 0.1) is 0 Å². The molecular formula is C21H29PSi. The van der Waals surface area contributed by atoms with Crippen molar-refractivity contribution in [3.63, 3.8) is 0 Å². The van der Waals surface area contributed by atoms with Crippen molar-refractivity contribution in [2.24, 2.45) is 0 Å². The van der Waals surface area contributed by atoms with Crippen molar-refractivity contribution in [3.05, 3.63) is 71.8 Å². The Labute approximate surface area is 144 Å². The van der Waals surface area contributed by atoms with Crippen molar-refractivity contribution in [3.8, 4) is 0 Å². The second-order valence-electron chi connectivity index (χ2n) is 8.74. The van der Waals surface area contributed by atoms with Crippen LogP contribution in [0.4, 0.5) is 0 Å². The zero-order chi connectivity index (χ0) is 16.9. The van der Waals surface area contributed by atoms with Crippen LogP contribution in [-0.4, -0.2) is 13.2 Å². The third kappa shape index (κ3) is 2.63. The van der Waals surface area contributed by atoms with Crippen molar-refractivity contribution >= 4 is 16.0 Å². The fraction of sp³-hybridized carbons (Fsp3) is 0.429. The van der Waals surface area contributed by atoms with E-state index in [1.54, 1.807) is 11.1 Å². The monoisotopic (exact) mass is 340 g/mol. The molecule has 0 amide bonds.